The molecule has 0 saturated carbocycles. The number of carbonyl (C=O) groups excluding carboxylic acids is 4. The van der Waals surface area contributed by atoms with Gasteiger partial charge < -0.3 is 14.8 Å². The van der Waals surface area contributed by atoms with E-state index in [0.717, 1.165) is 10.5 Å². The standard InChI is InChI=1S/C28H24N2O6/c1-4-14-30-26(32)20-12-11-19(16-21(20)27(30)33)28(34)36-24(18-8-6-5-7-9-18)25(31)29-22-15-17(2)10-13-23(22)35-3/h4-13,15-16,24H,1,14H2,2-3H3,(H,29,31). The molecule has 1 unspecified atom stereocenters. The number of fused-ring (bicyclic) bond motifs is 1. The molecule has 0 aromatic heterocycles. The molecule has 8 nitrogen and oxygen atoms in total. The Balaban J connectivity index is 1.62. The Morgan fingerprint density at radius 3 is 2.42 bits per heavy atom. The topological polar surface area (TPSA) is 102 Å². The van der Waals surface area contributed by atoms with Crippen molar-refractivity contribution in [1.82, 2.24) is 4.90 Å². The summed E-state index contributed by atoms with van der Waals surface area (Å²) >= 11 is 0. The Kier molecular flexibility index (Phi) is 6.96. The van der Waals surface area contributed by atoms with Crippen molar-refractivity contribution < 1.29 is 28.7 Å². The molecule has 0 saturated heterocycles. The molecular formula is C28H24N2O6. The molecule has 1 N–H and O–H groups in total. The summed E-state index contributed by atoms with van der Waals surface area (Å²) in [5.41, 5.74) is 2.13. The van der Waals surface area contributed by atoms with Crippen LogP contribution in [0.2, 0.25) is 0 Å². The zero-order valence-corrected chi connectivity index (χ0v) is 19.8. The summed E-state index contributed by atoms with van der Waals surface area (Å²) in [5.74, 6) is -1.92. The molecule has 1 atom stereocenters. The van der Waals surface area contributed by atoms with Crippen molar-refractivity contribution >= 4 is 29.4 Å². The van der Waals surface area contributed by atoms with Gasteiger partial charge in [-0.2, -0.15) is 0 Å². The van der Waals surface area contributed by atoms with E-state index in [1.54, 1.807) is 42.5 Å². The summed E-state index contributed by atoms with van der Waals surface area (Å²) < 4.78 is 11.0. The van der Waals surface area contributed by atoms with Crippen molar-refractivity contribution in [1.29, 1.82) is 0 Å². The van der Waals surface area contributed by atoms with Crippen LogP contribution in [0.1, 0.15) is 48.3 Å². The van der Waals surface area contributed by atoms with Crippen molar-refractivity contribution in [3.05, 3.63) is 107 Å². The first-order chi connectivity index (χ1) is 17.3. The second-order valence-corrected chi connectivity index (χ2v) is 8.16. The number of hydrogen-bond acceptors (Lipinski definition) is 6. The summed E-state index contributed by atoms with van der Waals surface area (Å²) in [6.07, 6.45) is 0.162. The molecule has 182 valence electrons. The molecule has 0 bridgehead atoms. The van der Waals surface area contributed by atoms with Crippen LogP contribution in [0.25, 0.3) is 0 Å². The van der Waals surface area contributed by atoms with Gasteiger partial charge in [-0.25, -0.2) is 4.79 Å². The van der Waals surface area contributed by atoms with Crippen molar-refractivity contribution in [2.24, 2.45) is 0 Å². The molecule has 0 aliphatic carbocycles. The quantitative estimate of drug-likeness (QED) is 0.290. The fourth-order valence-corrected chi connectivity index (χ4v) is 3.91. The normalized spacial score (nSPS) is 13.1. The minimum absolute atomic E-state index is 0.0391. The highest BCUT2D eigenvalue weighted by Crippen LogP contribution is 2.29. The number of carbonyl (C=O) groups is 4. The number of benzene rings is 3. The van der Waals surface area contributed by atoms with Crippen LogP contribution in [-0.2, 0) is 9.53 Å². The Bertz CT molecular complexity index is 1370. The number of ether oxygens (including phenoxy) is 2. The predicted molar refractivity (Wildman–Crippen MR) is 133 cm³/mol. The number of anilines is 1. The van der Waals surface area contributed by atoms with E-state index in [-0.39, 0.29) is 23.2 Å². The van der Waals surface area contributed by atoms with Gasteiger partial charge in [-0.3, -0.25) is 19.3 Å². The summed E-state index contributed by atoms with van der Waals surface area (Å²) in [6, 6.07) is 18.0. The third-order valence-electron chi connectivity index (χ3n) is 5.70. The Morgan fingerprint density at radius 1 is 1.00 bits per heavy atom. The second-order valence-electron chi connectivity index (χ2n) is 8.16. The largest absolute Gasteiger partial charge is 0.495 e. The average molecular weight is 485 g/mol. The van der Waals surface area contributed by atoms with Crippen LogP contribution in [-0.4, -0.2) is 42.2 Å². The average Bonchev–Trinajstić information content (AvgIpc) is 3.12. The number of hydrogen-bond donors (Lipinski definition) is 1. The second kappa shape index (κ2) is 10.3. The SMILES string of the molecule is C=CCN1C(=O)c2ccc(C(=O)OC(C(=O)Nc3cc(C)ccc3OC)c3ccccc3)cc2C1=O. The van der Waals surface area contributed by atoms with E-state index in [1.165, 1.54) is 31.4 Å². The lowest BCUT2D eigenvalue weighted by atomic mass is 10.1. The lowest BCUT2D eigenvalue weighted by Gasteiger charge is -2.19. The van der Waals surface area contributed by atoms with Crippen molar-refractivity contribution in [2.75, 3.05) is 19.0 Å². The van der Waals surface area contributed by atoms with E-state index in [2.05, 4.69) is 11.9 Å². The molecule has 3 aromatic rings. The maximum Gasteiger partial charge on any atom is 0.339 e. The first kappa shape index (κ1) is 24.4. The number of nitrogens with one attached hydrogen (secondary N) is 1. The number of aryl methyl sites for hydroxylation is 1. The minimum Gasteiger partial charge on any atom is -0.495 e. The molecule has 0 fully saturated rings. The molecular weight excluding hydrogens is 460 g/mol. The monoisotopic (exact) mass is 484 g/mol. The third kappa shape index (κ3) is 4.74. The van der Waals surface area contributed by atoms with Gasteiger partial charge in [-0.15, -0.1) is 6.58 Å². The molecule has 1 aliphatic heterocycles. The van der Waals surface area contributed by atoms with Crippen LogP contribution < -0.4 is 10.1 Å². The van der Waals surface area contributed by atoms with Crippen molar-refractivity contribution in [3.63, 3.8) is 0 Å². The van der Waals surface area contributed by atoms with Gasteiger partial charge in [0.25, 0.3) is 17.7 Å². The molecule has 36 heavy (non-hydrogen) atoms. The number of rotatable bonds is 8. The molecule has 3 aromatic carbocycles. The van der Waals surface area contributed by atoms with E-state index in [9.17, 15) is 19.2 Å². The maximum atomic E-state index is 13.3. The number of amides is 3. The number of methoxy groups -OCH3 is 1. The zero-order chi connectivity index (χ0) is 25.8. The summed E-state index contributed by atoms with van der Waals surface area (Å²) in [4.78, 5) is 52.5. The summed E-state index contributed by atoms with van der Waals surface area (Å²) in [6.45, 7) is 5.49. The van der Waals surface area contributed by atoms with Crippen LogP contribution in [0.15, 0.2) is 79.4 Å². The predicted octanol–water partition coefficient (Wildman–Crippen LogP) is 4.32. The molecule has 8 heteroatoms. The van der Waals surface area contributed by atoms with Crippen LogP contribution in [0.5, 0.6) is 5.75 Å². The Labute approximate surface area is 208 Å². The number of imide groups is 1. The third-order valence-corrected chi connectivity index (χ3v) is 5.70. The smallest absolute Gasteiger partial charge is 0.339 e. The van der Waals surface area contributed by atoms with Gasteiger partial charge in [0, 0.05) is 12.1 Å². The van der Waals surface area contributed by atoms with E-state index in [4.69, 9.17) is 9.47 Å². The van der Waals surface area contributed by atoms with Crippen LogP contribution in [0.4, 0.5) is 5.69 Å². The maximum absolute atomic E-state index is 13.3. The molecule has 1 aliphatic rings. The summed E-state index contributed by atoms with van der Waals surface area (Å²) in [5, 5.41) is 2.78. The van der Waals surface area contributed by atoms with E-state index >= 15 is 0 Å². The van der Waals surface area contributed by atoms with Crippen LogP contribution in [0, 0.1) is 6.92 Å². The highest BCUT2D eigenvalue weighted by atomic mass is 16.5. The highest BCUT2D eigenvalue weighted by molar-refractivity contribution is 6.22. The first-order valence-electron chi connectivity index (χ1n) is 11.2. The van der Waals surface area contributed by atoms with Gasteiger partial charge in [0.05, 0.1) is 29.5 Å². The van der Waals surface area contributed by atoms with E-state index in [0.29, 0.717) is 17.0 Å². The molecule has 0 radical (unpaired) electrons. The van der Waals surface area contributed by atoms with E-state index < -0.39 is 29.8 Å². The van der Waals surface area contributed by atoms with Crippen molar-refractivity contribution in [3.8, 4) is 5.75 Å². The van der Waals surface area contributed by atoms with Crippen LogP contribution in [0.3, 0.4) is 0 Å². The first-order valence-corrected chi connectivity index (χ1v) is 11.2. The zero-order valence-electron chi connectivity index (χ0n) is 19.8. The fourth-order valence-electron chi connectivity index (χ4n) is 3.91. The van der Waals surface area contributed by atoms with Gasteiger partial charge in [0.1, 0.15) is 5.75 Å². The molecule has 0 spiro atoms. The van der Waals surface area contributed by atoms with Gasteiger partial charge in [-0.1, -0.05) is 42.5 Å². The highest BCUT2D eigenvalue weighted by Gasteiger charge is 2.36. The lowest BCUT2D eigenvalue weighted by Crippen LogP contribution is -2.29. The van der Waals surface area contributed by atoms with Crippen molar-refractivity contribution in [2.45, 2.75) is 13.0 Å². The molecule has 1 heterocycles. The lowest BCUT2D eigenvalue weighted by molar-refractivity contribution is -0.125. The molecule has 4 rings (SSSR count). The summed E-state index contributed by atoms with van der Waals surface area (Å²) in [7, 11) is 1.49. The van der Waals surface area contributed by atoms with Gasteiger partial charge in [0.2, 0.25) is 6.10 Å². The fraction of sp³-hybridized carbons (Fsp3) is 0.143. The Hall–Kier alpha value is -4.72. The molecule has 3 amide bonds. The number of esters is 1. The van der Waals surface area contributed by atoms with Gasteiger partial charge >= 0.3 is 5.97 Å². The van der Waals surface area contributed by atoms with Crippen LogP contribution >= 0.6 is 0 Å². The Morgan fingerprint density at radius 2 is 1.72 bits per heavy atom. The van der Waals surface area contributed by atoms with E-state index in [1.807, 2.05) is 13.0 Å². The minimum atomic E-state index is -1.29. The number of nitrogens with zero attached hydrogens (tertiary/aromatic N) is 1. The van der Waals surface area contributed by atoms with Gasteiger partial charge in [-0.05, 0) is 42.8 Å². The van der Waals surface area contributed by atoms with Gasteiger partial charge in [0.15, 0.2) is 0 Å².